The predicted octanol–water partition coefficient (Wildman–Crippen LogP) is 3.00. The molecule has 0 saturated heterocycles. The van der Waals surface area contributed by atoms with E-state index in [0.717, 1.165) is 22.0 Å². The number of aromatic nitrogens is 3. The lowest BCUT2D eigenvalue weighted by molar-refractivity contribution is 0.190. The number of carbonyl (C=O) groups excluding carboxylic acids is 1. The maximum Gasteiger partial charge on any atom is 0.317 e. The van der Waals surface area contributed by atoms with Gasteiger partial charge in [-0.2, -0.15) is 0 Å². The molecule has 2 heterocycles. The van der Waals surface area contributed by atoms with E-state index < -0.39 is 0 Å². The van der Waals surface area contributed by atoms with Gasteiger partial charge in [0.15, 0.2) is 0 Å². The normalized spacial score (nSPS) is 13.6. The van der Waals surface area contributed by atoms with Gasteiger partial charge in [-0.25, -0.2) is 14.8 Å². The van der Waals surface area contributed by atoms with Crippen LogP contribution in [0, 0.1) is 6.92 Å². The zero-order valence-electron chi connectivity index (χ0n) is 14.4. The lowest BCUT2D eigenvalue weighted by Gasteiger charge is -2.26. The summed E-state index contributed by atoms with van der Waals surface area (Å²) in [5.74, 6) is 0. The van der Waals surface area contributed by atoms with Gasteiger partial charge in [-0.15, -0.1) is 11.3 Å². The van der Waals surface area contributed by atoms with Crippen LogP contribution in [0.1, 0.15) is 42.4 Å². The van der Waals surface area contributed by atoms with Crippen LogP contribution in [0.3, 0.4) is 0 Å². The number of rotatable bonds is 6. The van der Waals surface area contributed by atoms with Crippen LogP contribution in [0.2, 0.25) is 0 Å². The summed E-state index contributed by atoms with van der Waals surface area (Å²) in [6, 6.07) is -0.0377. The molecule has 7 heteroatoms. The number of aryl methyl sites for hydroxylation is 2. The van der Waals surface area contributed by atoms with E-state index in [4.69, 9.17) is 0 Å². The van der Waals surface area contributed by atoms with Gasteiger partial charge < -0.3 is 14.8 Å². The minimum absolute atomic E-state index is 0.00763. The molecular formula is C16H25N5OS. The molecular weight excluding hydrogens is 310 g/mol. The van der Waals surface area contributed by atoms with Crippen molar-refractivity contribution in [2.75, 3.05) is 7.05 Å². The molecule has 0 radical (unpaired) electrons. The molecule has 2 atom stereocenters. The molecule has 0 aliphatic heterocycles. The van der Waals surface area contributed by atoms with Crippen molar-refractivity contribution in [3.8, 4) is 0 Å². The van der Waals surface area contributed by atoms with Gasteiger partial charge in [-0.05, 0) is 27.2 Å². The van der Waals surface area contributed by atoms with Crippen LogP contribution < -0.4 is 5.32 Å². The second kappa shape index (κ2) is 7.59. The van der Waals surface area contributed by atoms with Crippen LogP contribution in [-0.2, 0) is 13.0 Å². The Bertz CT molecular complexity index is 637. The van der Waals surface area contributed by atoms with Crippen molar-refractivity contribution in [2.24, 2.45) is 0 Å². The van der Waals surface area contributed by atoms with Crippen LogP contribution >= 0.6 is 11.3 Å². The number of imidazole rings is 1. The highest BCUT2D eigenvalue weighted by Crippen LogP contribution is 2.28. The highest BCUT2D eigenvalue weighted by Gasteiger charge is 2.22. The molecule has 0 spiro atoms. The molecule has 0 aromatic carbocycles. The zero-order valence-corrected chi connectivity index (χ0v) is 15.2. The number of thiazole rings is 1. The van der Waals surface area contributed by atoms with E-state index in [0.29, 0.717) is 6.54 Å². The first-order chi connectivity index (χ1) is 10.9. The summed E-state index contributed by atoms with van der Waals surface area (Å²) in [5, 5.41) is 4.15. The van der Waals surface area contributed by atoms with Gasteiger partial charge in [0.2, 0.25) is 0 Å². The Kier molecular flexibility index (Phi) is 5.76. The Labute approximate surface area is 141 Å². The molecule has 0 saturated carbocycles. The Morgan fingerprint density at radius 1 is 1.48 bits per heavy atom. The molecule has 2 aromatic heterocycles. The number of amides is 2. The third-order valence-corrected chi connectivity index (χ3v) is 5.35. The predicted molar refractivity (Wildman–Crippen MR) is 92.6 cm³/mol. The third kappa shape index (κ3) is 4.31. The second-order valence-corrected chi connectivity index (χ2v) is 6.92. The van der Waals surface area contributed by atoms with Gasteiger partial charge in [-0.3, -0.25) is 0 Å². The molecule has 2 amide bonds. The summed E-state index contributed by atoms with van der Waals surface area (Å²) in [5.41, 5.74) is 1.02. The number of urea groups is 1. The first kappa shape index (κ1) is 17.5. The second-order valence-electron chi connectivity index (χ2n) is 5.81. The van der Waals surface area contributed by atoms with Crippen molar-refractivity contribution in [1.29, 1.82) is 0 Å². The van der Waals surface area contributed by atoms with E-state index >= 15 is 0 Å². The maximum absolute atomic E-state index is 12.5. The fraction of sp³-hybridized carbons (Fsp3) is 0.562. The lowest BCUT2D eigenvalue weighted by Crippen LogP contribution is -2.44. The summed E-state index contributed by atoms with van der Waals surface area (Å²) in [6.45, 7) is 8.84. The van der Waals surface area contributed by atoms with Gasteiger partial charge in [0.25, 0.3) is 0 Å². The first-order valence-electron chi connectivity index (χ1n) is 7.87. The molecule has 2 unspecified atom stereocenters. The summed E-state index contributed by atoms with van der Waals surface area (Å²) >= 11 is 1.69. The molecule has 2 rings (SSSR count). The number of nitrogens with one attached hydrogen (secondary N) is 1. The molecule has 126 valence electrons. The van der Waals surface area contributed by atoms with Crippen LogP contribution in [0.15, 0.2) is 18.7 Å². The third-order valence-electron chi connectivity index (χ3n) is 3.87. The van der Waals surface area contributed by atoms with Crippen LogP contribution in [0.5, 0.6) is 0 Å². The standard InChI is InChI=1S/C16H25N5OS/c1-6-14-19-12(3)15(23-14)13(4)20(5)16(22)18-11(2)9-21-8-7-17-10-21/h7-8,10-11,13H,6,9H2,1-5H3,(H,18,22). The Morgan fingerprint density at radius 2 is 2.22 bits per heavy atom. The van der Waals surface area contributed by atoms with Gasteiger partial charge >= 0.3 is 6.03 Å². The van der Waals surface area contributed by atoms with Crippen molar-refractivity contribution >= 4 is 17.4 Å². The lowest BCUT2D eigenvalue weighted by atomic mass is 10.2. The molecule has 0 bridgehead atoms. The quantitative estimate of drug-likeness (QED) is 0.882. The smallest absolute Gasteiger partial charge is 0.317 e. The summed E-state index contributed by atoms with van der Waals surface area (Å²) in [4.78, 5) is 23.9. The molecule has 1 N–H and O–H groups in total. The van der Waals surface area contributed by atoms with Gasteiger partial charge in [0.1, 0.15) is 0 Å². The topological polar surface area (TPSA) is 63.1 Å². The number of nitrogens with zero attached hydrogens (tertiary/aromatic N) is 4. The Balaban J connectivity index is 1.96. The largest absolute Gasteiger partial charge is 0.335 e. The molecule has 0 fully saturated rings. The fourth-order valence-electron chi connectivity index (χ4n) is 2.43. The highest BCUT2D eigenvalue weighted by molar-refractivity contribution is 7.11. The van der Waals surface area contributed by atoms with Crippen LogP contribution in [0.4, 0.5) is 4.79 Å². The van der Waals surface area contributed by atoms with E-state index in [2.05, 4.69) is 22.2 Å². The minimum atomic E-state index is -0.0732. The van der Waals surface area contributed by atoms with E-state index in [1.54, 1.807) is 28.8 Å². The van der Waals surface area contributed by atoms with Crippen LogP contribution in [0.25, 0.3) is 0 Å². The van der Waals surface area contributed by atoms with Crippen molar-refractivity contribution < 1.29 is 4.79 Å². The summed E-state index contributed by atoms with van der Waals surface area (Å²) in [6.07, 6.45) is 6.31. The molecule has 0 aliphatic carbocycles. The fourth-order valence-corrected chi connectivity index (χ4v) is 3.53. The zero-order chi connectivity index (χ0) is 17.0. The molecule has 0 aliphatic rings. The average Bonchev–Trinajstić information content (AvgIpc) is 3.14. The number of carbonyl (C=O) groups is 1. The molecule has 2 aromatic rings. The highest BCUT2D eigenvalue weighted by atomic mass is 32.1. The van der Waals surface area contributed by atoms with E-state index in [1.807, 2.05) is 38.6 Å². The Hall–Kier alpha value is -1.89. The van der Waals surface area contributed by atoms with Gasteiger partial charge in [0.05, 0.1) is 23.1 Å². The number of hydrogen-bond donors (Lipinski definition) is 1. The van der Waals surface area contributed by atoms with Crippen molar-refractivity contribution in [2.45, 2.75) is 52.7 Å². The van der Waals surface area contributed by atoms with Gasteiger partial charge in [-0.1, -0.05) is 6.92 Å². The SMILES string of the molecule is CCc1nc(C)c(C(C)N(C)C(=O)NC(C)Cn2ccnc2)s1. The number of hydrogen-bond acceptors (Lipinski definition) is 4. The monoisotopic (exact) mass is 335 g/mol. The van der Waals surface area contributed by atoms with Crippen molar-refractivity contribution in [3.63, 3.8) is 0 Å². The molecule has 23 heavy (non-hydrogen) atoms. The Morgan fingerprint density at radius 3 is 2.78 bits per heavy atom. The van der Waals surface area contributed by atoms with E-state index in [9.17, 15) is 4.79 Å². The van der Waals surface area contributed by atoms with Crippen molar-refractivity contribution in [3.05, 3.63) is 34.3 Å². The molecule has 6 nitrogen and oxygen atoms in total. The van der Waals surface area contributed by atoms with Crippen LogP contribution in [-0.4, -0.2) is 38.6 Å². The van der Waals surface area contributed by atoms with E-state index in [1.165, 1.54) is 0 Å². The average molecular weight is 335 g/mol. The van der Waals surface area contributed by atoms with E-state index in [-0.39, 0.29) is 18.1 Å². The summed E-state index contributed by atoms with van der Waals surface area (Å²) in [7, 11) is 1.83. The minimum Gasteiger partial charge on any atom is -0.335 e. The van der Waals surface area contributed by atoms with Gasteiger partial charge in [0, 0.05) is 36.9 Å². The first-order valence-corrected chi connectivity index (χ1v) is 8.69. The maximum atomic E-state index is 12.5. The summed E-state index contributed by atoms with van der Waals surface area (Å²) < 4.78 is 1.95. The van der Waals surface area contributed by atoms with Crippen molar-refractivity contribution in [1.82, 2.24) is 24.8 Å².